The van der Waals surface area contributed by atoms with E-state index in [1.54, 1.807) is 37.4 Å². The number of ether oxygens (including phenoxy) is 2. The lowest BCUT2D eigenvalue weighted by molar-refractivity contribution is 0.269. The Bertz CT molecular complexity index is 1120. The maximum absolute atomic E-state index is 11.3. The van der Waals surface area contributed by atoms with Gasteiger partial charge in [-0.05, 0) is 55.3 Å². The fraction of sp³-hybridized carbons (Fsp3) is 0.200. The molecule has 156 valence electrons. The van der Waals surface area contributed by atoms with Crippen molar-refractivity contribution in [2.24, 2.45) is 5.10 Å². The molecule has 2 aromatic carbocycles. The van der Waals surface area contributed by atoms with Crippen LogP contribution in [0.15, 0.2) is 46.3 Å². The number of hydrazone groups is 1. The van der Waals surface area contributed by atoms with E-state index in [-0.39, 0.29) is 5.82 Å². The van der Waals surface area contributed by atoms with Crippen molar-refractivity contribution in [3.63, 3.8) is 0 Å². The second kappa shape index (κ2) is 10.1. The molecule has 0 unspecified atom stereocenters. The Morgan fingerprint density at radius 3 is 2.73 bits per heavy atom. The smallest absolute Gasteiger partial charge is 0.363 e. The van der Waals surface area contributed by atoms with E-state index >= 15 is 0 Å². The van der Waals surface area contributed by atoms with Crippen LogP contribution in [-0.2, 0) is 6.61 Å². The first-order valence-electron chi connectivity index (χ1n) is 9.02. The van der Waals surface area contributed by atoms with Crippen LogP contribution >= 0.6 is 23.2 Å². The number of aromatic nitrogens is 3. The van der Waals surface area contributed by atoms with Gasteiger partial charge in [-0.3, -0.25) is 5.43 Å². The molecule has 0 amide bonds. The standard InChI is InChI=1S/C20H19Cl2N5O3/c1-3-29-18-9-13(10-23-26-19-12(2)25-27-20(28)24-19)5-7-17(18)30-11-14-4-6-15(21)16(22)8-14/h4-10H,3,11H2,1-2H3,(H2,24,26,27,28)/b23-10-. The molecule has 0 saturated heterocycles. The molecule has 0 saturated carbocycles. The normalized spacial score (nSPS) is 10.9. The van der Waals surface area contributed by atoms with Gasteiger partial charge in [-0.1, -0.05) is 29.3 Å². The summed E-state index contributed by atoms with van der Waals surface area (Å²) in [6, 6.07) is 10.8. The maximum atomic E-state index is 11.3. The Balaban J connectivity index is 1.71. The number of benzene rings is 2. The van der Waals surface area contributed by atoms with E-state index in [0.717, 1.165) is 11.1 Å². The topological polar surface area (TPSA) is 101 Å². The van der Waals surface area contributed by atoms with E-state index in [1.807, 2.05) is 19.1 Å². The Hall–Kier alpha value is -3.10. The van der Waals surface area contributed by atoms with Crippen molar-refractivity contribution >= 4 is 35.2 Å². The molecule has 0 bridgehead atoms. The fourth-order valence-corrected chi connectivity index (χ4v) is 2.77. The van der Waals surface area contributed by atoms with E-state index in [2.05, 4.69) is 25.7 Å². The number of hydrogen-bond donors (Lipinski definition) is 2. The van der Waals surface area contributed by atoms with Crippen molar-refractivity contribution in [2.75, 3.05) is 12.0 Å². The molecule has 2 N–H and O–H groups in total. The second-order valence-electron chi connectivity index (χ2n) is 6.12. The van der Waals surface area contributed by atoms with Crippen molar-refractivity contribution in [3.05, 3.63) is 73.7 Å². The molecule has 0 radical (unpaired) electrons. The van der Waals surface area contributed by atoms with Gasteiger partial charge in [-0.25, -0.2) is 9.89 Å². The van der Waals surface area contributed by atoms with Gasteiger partial charge in [0.2, 0.25) is 0 Å². The van der Waals surface area contributed by atoms with E-state index in [1.165, 1.54) is 0 Å². The number of aromatic amines is 1. The fourth-order valence-electron chi connectivity index (χ4n) is 2.45. The van der Waals surface area contributed by atoms with Gasteiger partial charge in [-0.15, -0.1) is 0 Å². The largest absolute Gasteiger partial charge is 0.490 e. The van der Waals surface area contributed by atoms with Gasteiger partial charge in [0.1, 0.15) is 12.3 Å². The third kappa shape index (κ3) is 5.71. The van der Waals surface area contributed by atoms with Crippen LogP contribution in [0.1, 0.15) is 23.7 Å². The summed E-state index contributed by atoms with van der Waals surface area (Å²) in [7, 11) is 0. The van der Waals surface area contributed by atoms with Crippen molar-refractivity contribution in [3.8, 4) is 11.5 Å². The lowest BCUT2D eigenvalue weighted by atomic mass is 10.2. The van der Waals surface area contributed by atoms with Crippen LogP contribution in [0, 0.1) is 6.92 Å². The second-order valence-corrected chi connectivity index (χ2v) is 6.94. The van der Waals surface area contributed by atoms with Crippen LogP contribution in [0.25, 0.3) is 0 Å². The first-order valence-corrected chi connectivity index (χ1v) is 9.78. The SMILES string of the molecule is CCOc1cc(/C=N\Nc2nc(=O)[nH]nc2C)ccc1OCc1ccc(Cl)c(Cl)c1. The molecule has 0 atom stereocenters. The van der Waals surface area contributed by atoms with Crippen LogP contribution in [0.3, 0.4) is 0 Å². The lowest BCUT2D eigenvalue weighted by Gasteiger charge is -2.13. The summed E-state index contributed by atoms with van der Waals surface area (Å²) < 4.78 is 11.6. The summed E-state index contributed by atoms with van der Waals surface area (Å²) in [5.41, 5.74) is 4.32. The van der Waals surface area contributed by atoms with Gasteiger partial charge in [0.15, 0.2) is 17.3 Å². The molecule has 0 fully saturated rings. The molecule has 1 heterocycles. The summed E-state index contributed by atoms with van der Waals surface area (Å²) >= 11 is 12.0. The monoisotopic (exact) mass is 447 g/mol. The zero-order chi connectivity index (χ0) is 21.5. The van der Waals surface area contributed by atoms with Gasteiger partial charge in [0.25, 0.3) is 0 Å². The quantitative estimate of drug-likeness (QED) is 0.396. The van der Waals surface area contributed by atoms with Gasteiger partial charge in [0.05, 0.1) is 22.9 Å². The van der Waals surface area contributed by atoms with Gasteiger partial charge in [0, 0.05) is 0 Å². The predicted octanol–water partition coefficient (Wildman–Crippen LogP) is 4.20. The maximum Gasteiger partial charge on any atom is 0.363 e. The zero-order valence-electron chi connectivity index (χ0n) is 16.3. The molecule has 3 rings (SSSR count). The minimum Gasteiger partial charge on any atom is -0.490 e. The first-order chi connectivity index (χ1) is 14.5. The highest BCUT2D eigenvalue weighted by molar-refractivity contribution is 6.42. The summed E-state index contributed by atoms with van der Waals surface area (Å²) in [6.45, 7) is 4.38. The molecular weight excluding hydrogens is 429 g/mol. The molecule has 1 aromatic heterocycles. The Labute approximate surface area is 182 Å². The summed E-state index contributed by atoms with van der Waals surface area (Å²) in [6.07, 6.45) is 1.58. The molecule has 8 nitrogen and oxygen atoms in total. The predicted molar refractivity (Wildman–Crippen MR) is 117 cm³/mol. The van der Waals surface area contributed by atoms with E-state index < -0.39 is 5.69 Å². The van der Waals surface area contributed by atoms with Crippen LogP contribution in [0.2, 0.25) is 10.0 Å². The molecule has 0 aliphatic rings. The Morgan fingerprint density at radius 1 is 1.13 bits per heavy atom. The number of nitrogens with one attached hydrogen (secondary N) is 2. The molecule has 0 aliphatic heterocycles. The highest BCUT2D eigenvalue weighted by atomic mass is 35.5. The summed E-state index contributed by atoms with van der Waals surface area (Å²) in [5, 5.41) is 11.1. The van der Waals surface area contributed by atoms with Crippen LogP contribution in [-0.4, -0.2) is 28.0 Å². The van der Waals surface area contributed by atoms with E-state index in [4.69, 9.17) is 32.7 Å². The summed E-state index contributed by atoms with van der Waals surface area (Å²) in [5.74, 6) is 1.44. The van der Waals surface area contributed by atoms with Crippen LogP contribution in [0.4, 0.5) is 5.82 Å². The van der Waals surface area contributed by atoms with Crippen LogP contribution < -0.4 is 20.6 Å². The number of aryl methyl sites for hydroxylation is 1. The minimum absolute atomic E-state index is 0.279. The highest BCUT2D eigenvalue weighted by Crippen LogP contribution is 2.30. The third-order valence-electron chi connectivity index (χ3n) is 3.91. The number of hydrogen-bond acceptors (Lipinski definition) is 7. The van der Waals surface area contributed by atoms with Crippen molar-refractivity contribution in [1.29, 1.82) is 0 Å². The minimum atomic E-state index is -0.555. The van der Waals surface area contributed by atoms with Crippen LogP contribution in [0.5, 0.6) is 11.5 Å². The van der Waals surface area contributed by atoms with Gasteiger partial charge >= 0.3 is 5.69 Å². The molecule has 30 heavy (non-hydrogen) atoms. The molecule has 10 heteroatoms. The molecule has 3 aromatic rings. The van der Waals surface area contributed by atoms with Crippen molar-refractivity contribution in [2.45, 2.75) is 20.5 Å². The Kier molecular flexibility index (Phi) is 7.26. The number of halogens is 2. The van der Waals surface area contributed by atoms with Gasteiger partial charge < -0.3 is 9.47 Å². The number of H-pyrrole nitrogens is 1. The zero-order valence-corrected chi connectivity index (χ0v) is 17.8. The van der Waals surface area contributed by atoms with Crippen molar-refractivity contribution < 1.29 is 9.47 Å². The number of nitrogens with zero attached hydrogens (tertiary/aromatic N) is 3. The first kappa shape index (κ1) is 21.6. The van der Waals surface area contributed by atoms with Crippen molar-refractivity contribution in [1.82, 2.24) is 15.2 Å². The Morgan fingerprint density at radius 2 is 1.97 bits per heavy atom. The molecule has 0 spiro atoms. The lowest BCUT2D eigenvalue weighted by Crippen LogP contribution is -2.15. The van der Waals surface area contributed by atoms with E-state index in [0.29, 0.717) is 40.5 Å². The van der Waals surface area contributed by atoms with Gasteiger partial charge in [-0.2, -0.15) is 15.2 Å². The average Bonchev–Trinajstić information content (AvgIpc) is 2.72. The highest BCUT2D eigenvalue weighted by Gasteiger charge is 2.08. The summed E-state index contributed by atoms with van der Waals surface area (Å²) in [4.78, 5) is 15.0. The molecule has 0 aliphatic carbocycles. The van der Waals surface area contributed by atoms with E-state index in [9.17, 15) is 4.79 Å². The number of anilines is 1. The number of rotatable bonds is 8. The molecular formula is C20H19Cl2N5O3. The third-order valence-corrected chi connectivity index (χ3v) is 4.64. The average molecular weight is 448 g/mol.